The first-order valence-electron chi connectivity index (χ1n) is 7.98. The first-order chi connectivity index (χ1) is 8.92. The quantitative estimate of drug-likeness (QED) is 0.745. The van der Waals surface area contributed by atoms with E-state index in [0.717, 1.165) is 19.1 Å². The normalized spacial score (nSPS) is 23.9. The van der Waals surface area contributed by atoms with Gasteiger partial charge < -0.3 is 10.1 Å². The van der Waals surface area contributed by atoms with E-state index in [0.29, 0.717) is 6.04 Å². The number of hydrogen-bond donors (Lipinski definition) is 1. The van der Waals surface area contributed by atoms with Gasteiger partial charge in [-0.15, -0.1) is 0 Å². The van der Waals surface area contributed by atoms with Gasteiger partial charge in [-0.1, -0.05) is 32.6 Å². The summed E-state index contributed by atoms with van der Waals surface area (Å²) < 4.78 is 5.93. The van der Waals surface area contributed by atoms with Crippen molar-refractivity contribution in [2.45, 2.75) is 70.8 Å². The third-order valence-corrected chi connectivity index (χ3v) is 4.25. The minimum atomic E-state index is 0.489. The number of ether oxygens (including phenoxy) is 1. The minimum absolute atomic E-state index is 0.489. The second-order valence-electron chi connectivity index (χ2n) is 5.78. The van der Waals surface area contributed by atoms with Crippen molar-refractivity contribution in [2.75, 3.05) is 13.2 Å². The molecule has 0 saturated heterocycles. The second-order valence-corrected chi connectivity index (χ2v) is 5.78. The molecule has 0 radical (unpaired) electrons. The summed E-state index contributed by atoms with van der Waals surface area (Å²) in [6.07, 6.45) is 14.3. The summed E-state index contributed by atoms with van der Waals surface area (Å²) in [6, 6.07) is 0.489. The van der Waals surface area contributed by atoms with Crippen LogP contribution in [0.1, 0.15) is 64.7 Å². The van der Waals surface area contributed by atoms with Gasteiger partial charge in [0.1, 0.15) is 5.76 Å². The van der Waals surface area contributed by atoms with Gasteiger partial charge in [-0.25, -0.2) is 0 Å². The van der Waals surface area contributed by atoms with Crippen LogP contribution in [-0.4, -0.2) is 19.2 Å². The molecule has 1 fully saturated rings. The molecule has 1 saturated carbocycles. The summed E-state index contributed by atoms with van der Waals surface area (Å²) >= 11 is 0. The summed E-state index contributed by atoms with van der Waals surface area (Å²) in [5, 5.41) is 3.74. The van der Waals surface area contributed by atoms with Crippen LogP contribution in [0.2, 0.25) is 0 Å². The monoisotopic (exact) mass is 251 g/mol. The SMILES string of the molecule is CCCNC(C1=CCCCO1)C1CCCCCC1. The van der Waals surface area contributed by atoms with Crippen molar-refractivity contribution in [1.82, 2.24) is 5.32 Å². The molecule has 0 bridgehead atoms. The van der Waals surface area contributed by atoms with Crippen molar-refractivity contribution >= 4 is 0 Å². The highest BCUT2D eigenvalue weighted by molar-refractivity contribution is 5.08. The zero-order valence-electron chi connectivity index (χ0n) is 11.9. The maximum absolute atomic E-state index is 5.93. The van der Waals surface area contributed by atoms with Crippen molar-refractivity contribution in [1.29, 1.82) is 0 Å². The minimum Gasteiger partial charge on any atom is -0.497 e. The molecule has 0 aromatic carbocycles. The van der Waals surface area contributed by atoms with Crippen LogP contribution in [0, 0.1) is 5.92 Å². The van der Waals surface area contributed by atoms with Gasteiger partial charge in [-0.05, 0) is 50.6 Å². The fourth-order valence-electron chi connectivity index (χ4n) is 3.24. The maximum Gasteiger partial charge on any atom is 0.109 e. The highest BCUT2D eigenvalue weighted by atomic mass is 16.5. The number of allylic oxidation sites excluding steroid dienone is 1. The van der Waals surface area contributed by atoms with E-state index in [4.69, 9.17) is 4.74 Å². The third-order valence-electron chi connectivity index (χ3n) is 4.25. The average molecular weight is 251 g/mol. The molecule has 2 aliphatic rings. The lowest BCUT2D eigenvalue weighted by Crippen LogP contribution is -2.39. The Morgan fingerprint density at radius 1 is 1.22 bits per heavy atom. The molecule has 0 spiro atoms. The van der Waals surface area contributed by atoms with Crippen LogP contribution in [0.15, 0.2) is 11.8 Å². The van der Waals surface area contributed by atoms with Gasteiger partial charge in [0.25, 0.3) is 0 Å². The summed E-state index contributed by atoms with van der Waals surface area (Å²) in [7, 11) is 0. The second kappa shape index (κ2) is 7.83. The zero-order valence-corrected chi connectivity index (χ0v) is 11.9. The van der Waals surface area contributed by atoms with Crippen LogP contribution in [-0.2, 0) is 4.74 Å². The number of hydrogen-bond acceptors (Lipinski definition) is 2. The largest absolute Gasteiger partial charge is 0.497 e. The predicted octanol–water partition coefficient (Wildman–Crippen LogP) is 4.02. The van der Waals surface area contributed by atoms with Gasteiger partial charge in [0.05, 0.1) is 12.6 Å². The highest BCUT2D eigenvalue weighted by Gasteiger charge is 2.27. The lowest BCUT2D eigenvalue weighted by atomic mass is 9.89. The number of rotatable bonds is 5. The van der Waals surface area contributed by atoms with E-state index in [9.17, 15) is 0 Å². The van der Waals surface area contributed by atoms with Gasteiger partial charge in [0.2, 0.25) is 0 Å². The number of nitrogens with one attached hydrogen (secondary N) is 1. The molecule has 0 aromatic rings. The maximum atomic E-state index is 5.93. The van der Waals surface area contributed by atoms with Gasteiger partial charge in [-0.3, -0.25) is 0 Å². The summed E-state index contributed by atoms with van der Waals surface area (Å²) in [6.45, 7) is 4.28. The summed E-state index contributed by atoms with van der Waals surface area (Å²) in [5.41, 5.74) is 0. The van der Waals surface area contributed by atoms with E-state index in [2.05, 4.69) is 18.3 Å². The molecule has 2 heteroatoms. The molecule has 0 amide bonds. The summed E-state index contributed by atoms with van der Waals surface area (Å²) in [5.74, 6) is 2.05. The van der Waals surface area contributed by atoms with Gasteiger partial charge in [0.15, 0.2) is 0 Å². The molecule has 1 atom stereocenters. The van der Waals surface area contributed by atoms with Crippen molar-refractivity contribution in [3.8, 4) is 0 Å². The third kappa shape index (κ3) is 4.01. The van der Waals surface area contributed by atoms with E-state index in [1.165, 1.54) is 63.5 Å². The Morgan fingerprint density at radius 3 is 2.61 bits per heavy atom. The lowest BCUT2D eigenvalue weighted by molar-refractivity contribution is 0.146. The van der Waals surface area contributed by atoms with E-state index >= 15 is 0 Å². The van der Waals surface area contributed by atoms with Crippen LogP contribution < -0.4 is 5.32 Å². The smallest absolute Gasteiger partial charge is 0.109 e. The molecule has 0 aromatic heterocycles. The Labute approximate surface area is 112 Å². The van der Waals surface area contributed by atoms with Crippen molar-refractivity contribution < 1.29 is 4.74 Å². The Balaban J connectivity index is 1.99. The summed E-state index contributed by atoms with van der Waals surface area (Å²) in [4.78, 5) is 0. The molecule has 1 aliphatic carbocycles. The molecule has 104 valence electrons. The first-order valence-corrected chi connectivity index (χ1v) is 7.98. The molecule has 2 nitrogen and oxygen atoms in total. The molecule has 18 heavy (non-hydrogen) atoms. The van der Waals surface area contributed by atoms with Crippen molar-refractivity contribution in [3.05, 3.63) is 11.8 Å². The molecular weight excluding hydrogens is 222 g/mol. The van der Waals surface area contributed by atoms with Gasteiger partial charge >= 0.3 is 0 Å². The standard InChI is InChI=1S/C16H29NO/c1-2-12-17-16(15-11-7-8-13-18-15)14-9-5-3-4-6-10-14/h11,14,16-17H,2-10,12-13H2,1H3. The van der Waals surface area contributed by atoms with Crippen LogP contribution in [0.3, 0.4) is 0 Å². The molecule has 1 N–H and O–H groups in total. The van der Waals surface area contributed by atoms with Crippen LogP contribution in [0.25, 0.3) is 0 Å². The van der Waals surface area contributed by atoms with E-state index in [-0.39, 0.29) is 0 Å². The molecule has 2 rings (SSSR count). The fourth-order valence-corrected chi connectivity index (χ4v) is 3.24. The molecule has 1 aliphatic heterocycles. The first kappa shape index (κ1) is 13.9. The van der Waals surface area contributed by atoms with Crippen LogP contribution in [0.5, 0.6) is 0 Å². The highest BCUT2D eigenvalue weighted by Crippen LogP contribution is 2.30. The zero-order chi connectivity index (χ0) is 12.6. The fraction of sp³-hybridized carbons (Fsp3) is 0.875. The Kier molecular flexibility index (Phi) is 6.06. The van der Waals surface area contributed by atoms with Crippen LogP contribution in [0.4, 0.5) is 0 Å². The van der Waals surface area contributed by atoms with Gasteiger partial charge in [0, 0.05) is 0 Å². The average Bonchev–Trinajstić information content (AvgIpc) is 2.70. The predicted molar refractivity (Wildman–Crippen MR) is 76.5 cm³/mol. The Hall–Kier alpha value is -0.500. The van der Waals surface area contributed by atoms with E-state index in [1.807, 2.05) is 0 Å². The Bertz CT molecular complexity index is 254. The van der Waals surface area contributed by atoms with E-state index < -0.39 is 0 Å². The molecule has 1 heterocycles. The topological polar surface area (TPSA) is 21.3 Å². The Morgan fingerprint density at radius 2 is 2.00 bits per heavy atom. The van der Waals surface area contributed by atoms with Gasteiger partial charge in [-0.2, -0.15) is 0 Å². The molecule has 1 unspecified atom stereocenters. The van der Waals surface area contributed by atoms with Crippen LogP contribution >= 0.6 is 0 Å². The molecular formula is C16H29NO. The van der Waals surface area contributed by atoms with Crippen molar-refractivity contribution in [3.63, 3.8) is 0 Å². The van der Waals surface area contributed by atoms with E-state index in [1.54, 1.807) is 0 Å². The lowest BCUT2D eigenvalue weighted by Gasteiger charge is -2.31. The van der Waals surface area contributed by atoms with Crippen molar-refractivity contribution in [2.24, 2.45) is 5.92 Å².